The summed E-state index contributed by atoms with van der Waals surface area (Å²) in [5.41, 5.74) is 5.13. The molecular formula is C15H23ClN2O2. The van der Waals surface area contributed by atoms with Crippen molar-refractivity contribution in [2.45, 2.75) is 45.3 Å². The summed E-state index contributed by atoms with van der Waals surface area (Å²) in [4.78, 5) is 12.0. The predicted molar refractivity (Wildman–Crippen MR) is 82.1 cm³/mol. The van der Waals surface area contributed by atoms with Crippen molar-refractivity contribution >= 4 is 17.5 Å². The Morgan fingerprint density at radius 3 is 2.75 bits per heavy atom. The van der Waals surface area contributed by atoms with Crippen molar-refractivity contribution in [1.82, 2.24) is 5.32 Å². The minimum absolute atomic E-state index is 0.158. The van der Waals surface area contributed by atoms with Gasteiger partial charge in [0.25, 0.3) is 0 Å². The first-order valence-corrected chi connectivity index (χ1v) is 7.23. The average Bonchev–Trinajstić information content (AvgIpc) is 2.38. The predicted octanol–water partition coefficient (Wildman–Crippen LogP) is 2.74. The van der Waals surface area contributed by atoms with Crippen LogP contribution < -0.4 is 15.8 Å². The van der Waals surface area contributed by atoms with Crippen LogP contribution in [0.1, 0.15) is 33.6 Å². The number of nitrogens with one attached hydrogen (secondary N) is 1. The van der Waals surface area contributed by atoms with Crippen LogP contribution in [-0.4, -0.2) is 24.1 Å². The van der Waals surface area contributed by atoms with E-state index in [1.54, 1.807) is 19.1 Å². The molecule has 3 N–H and O–H groups in total. The molecule has 0 aliphatic rings. The van der Waals surface area contributed by atoms with Gasteiger partial charge < -0.3 is 15.8 Å². The molecule has 5 heteroatoms. The number of halogens is 1. The third-order valence-corrected chi connectivity index (χ3v) is 3.32. The summed E-state index contributed by atoms with van der Waals surface area (Å²) in [6.45, 7) is 6.00. The zero-order chi connectivity index (χ0) is 15.2. The van der Waals surface area contributed by atoms with Gasteiger partial charge in [-0.3, -0.25) is 4.79 Å². The highest BCUT2D eigenvalue weighted by Gasteiger charge is 2.27. The number of nitrogens with two attached hydrogens (primary N) is 1. The maximum atomic E-state index is 12.0. The maximum absolute atomic E-state index is 12.0. The highest BCUT2D eigenvalue weighted by atomic mass is 35.5. The van der Waals surface area contributed by atoms with E-state index < -0.39 is 5.54 Å². The second-order valence-corrected chi connectivity index (χ2v) is 5.64. The van der Waals surface area contributed by atoms with Crippen LogP contribution in [0.3, 0.4) is 0 Å². The van der Waals surface area contributed by atoms with E-state index in [2.05, 4.69) is 5.32 Å². The molecule has 112 valence electrons. The lowest BCUT2D eigenvalue weighted by Crippen LogP contribution is -2.53. The van der Waals surface area contributed by atoms with Crippen LogP contribution in [0.4, 0.5) is 0 Å². The summed E-state index contributed by atoms with van der Waals surface area (Å²) in [6, 6.07) is 7.25. The molecule has 4 nitrogen and oxygen atoms in total. The Kier molecular flexibility index (Phi) is 6.30. The third kappa shape index (κ3) is 5.02. The summed E-state index contributed by atoms with van der Waals surface area (Å²) in [6.07, 6.45) is 1.33. The van der Waals surface area contributed by atoms with Gasteiger partial charge >= 0.3 is 0 Å². The number of rotatable bonds is 7. The molecule has 1 aromatic rings. The monoisotopic (exact) mass is 298 g/mol. The molecule has 0 heterocycles. The molecule has 0 fully saturated rings. The highest BCUT2D eigenvalue weighted by Crippen LogP contribution is 2.24. The van der Waals surface area contributed by atoms with Crippen molar-refractivity contribution in [3.8, 4) is 5.75 Å². The van der Waals surface area contributed by atoms with E-state index in [-0.39, 0.29) is 12.0 Å². The molecule has 1 rings (SSSR count). The van der Waals surface area contributed by atoms with Crippen LogP contribution in [0, 0.1) is 0 Å². The molecule has 1 amide bonds. The van der Waals surface area contributed by atoms with E-state index in [0.717, 1.165) is 6.42 Å². The van der Waals surface area contributed by atoms with Crippen LogP contribution in [0.2, 0.25) is 5.02 Å². The standard InChI is InChI=1S/C15H23ClN2O2/c1-4-9-15(3,17)14(19)18-10-11(2)20-13-8-6-5-7-12(13)16/h5-8,11H,4,9-10,17H2,1-3H3,(H,18,19). The summed E-state index contributed by atoms with van der Waals surface area (Å²) in [5, 5.41) is 3.37. The number of hydrogen-bond acceptors (Lipinski definition) is 3. The van der Waals surface area contributed by atoms with Crippen LogP contribution in [0.25, 0.3) is 0 Å². The Balaban J connectivity index is 2.46. The summed E-state index contributed by atoms with van der Waals surface area (Å²) in [7, 11) is 0. The molecular weight excluding hydrogens is 276 g/mol. The first-order chi connectivity index (χ1) is 9.36. The molecule has 0 saturated heterocycles. The Morgan fingerprint density at radius 2 is 2.15 bits per heavy atom. The van der Waals surface area contributed by atoms with Crippen molar-refractivity contribution in [3.63, 3.8) is 0 Å². The van der Waals surface area contributed by atoms with Crippen molar-refractivity contribution in [1.29, 1.82) is 0 Å². The van der Waals surface area contributed by atoms with Gasteiger partial charge in [-0.2, -0.15) is 0 Å². The van der Waals surface area contributed by atoms with Crippen LogP contribution in [0.5, 0.6) is 5.75 Å². The largest absolute Gasteiger partial charge is 0.487 e. The number of ether oxygens (including phenoxy) is 1. The zero-order valence-corrected chi connectivity index (χ0v) is 13.0. The Labute approximate surface area is 125 Å². The lowest BCUT2D eigenvalue weighted by molar-refractivity contribution is -0.126. The van der Waals surface area contributed by atoms with Gasteiger partial charge in [-0.15, -0.1) is 0 Å². The van der Waals surface area contributed by atoms with Gasteiger partial charge in [0.15, 0.2) is 0 Å². The molecule has 0 radical (unpaired) electrons. The number of amides is 1. The molecule has 0 bridgehead atoms. The summed E-state index contributed by atoms with van der Waals surface area (Å²) < 4.78 is 5.68. The van der Waals surface area contributed by atoms with E-state index in [1.165, 1.54) is 0 Å². The number of benzene rings is 1. The Hall–Kier alpha value is -1.26. The van der Waals surface area contributed by atoms with Crippen molar-refractivity contribution in [3.05, 3.63) is 29.3 Å². The average molecular weight is 299 g/mol. The molecule has 1 aromatic carbocycles. The van der Waals surface area contributed by atoms with Crippen molar-refractivity contribution < 1.29 is 9.53 Å². The van der Waals surface area contributed by atoms with E-state index in [0.29, 0.717) is 23.7 Å². The first kappa shape index (κ1) is 16.8. The normalized spacial score (nSPS) is 15.2. The van der Waals surface area contributed by atoms with Gasteiger partial charge in [0.2, 0.25) is 5.91 Å². The lowest BCUT2D eigenvalue weighted by Gasteiger charge is -2.24. The molecule has 20 heavy (non-hydrogen) atoms. The number of para-hydroxylation sites is 1. The molecule has 0 aliphatic carbocycles. The molecule has 0 spiro atoms. The van der Waals surface area contributed by atoms with Gasteiger partial charge in [-0.25, -0.2) is 0 Å². The Bertz CT molecular complexity index is 449. The first-order valence-electron chi connectivity index (χ1n) is 6.85. The fourth-order valence-corrected chi connectivity index (χ4v) is 2.05. The fraction of sp³-hybridized carbons (Fsp3) is 0.533. The Morgan fingerprint density at radius 1 is 1.50 bits per heavy atom. The number of hydrogen-bond donors (Lipinski definition) is 2. The van der Waals surface area contributed by atoms with E-state index in [4.69, 9.17) is 22.1 Å². The van der Waals surface area contributed by atoms with Crippen molar-refractivity contribution in [2.24, 2.45) is 5.73 Å². The van der Waals surface area contributed by atoms with Crippen molar-refractivity contribution in [2.75, 3.05) is 6.54 Å². The van der Waals surface area contributed by atoms with Crippen LogP contribution in [-0.2, 0) is 4.79 Å². The molecule has 0 aliphatic heterocycles. The van der Waals surface area contributed by atoms with Gasteiger partial charge in [0.05, 0.1) is 17.1 Å². The zero-order valence-electron chi connectivity index (χ0n) is 12.3. The molecule has 2 unspecified atom stereocenters. The van der Waals surface area contributed by atoms with Gasteiger partial charge in [-0.05, 0) is 32.4 Å². The summed E-state index contributed by atoms with van der Waals surface area (Å²) in [5.74, 6) is 0.453. The van der Waals surface area contributed by atoms with E-state index >= 15 is 0 Å². The SMILES string of the molecule is CCCC(C)(N)C(=O)NCC(C)Oc1ccccc1Cl. The minimum Gasteiger partial charge on any atom is -0.487 e. The van der Waals surface area contributed by atoms with Crippen LogP contribution in [0.15, 0.2) is 24.3 Å². The van der Waals surface area contributed by atoms with Crippen LogP contribution >= 0.6 is 11.6 Å². The molecule has 0 saturated carbocycles. The lowest BCUT2D eigenvalue weighted by atomic mass is 9.96. The van der Waals surface area contributed by atoms with Gasteiger partial charge in [-0.1, -0.05) is 37.1 Å². The van der Waals surface area contributed by atoms with Gasteiger partial charge in [0.1, 0.15) is 11.9 Å². The summed E-state index contributed by atoms with van der Waals surface area (Å²) >= 11 is 6.01. The number of carbonyl (C=O) groups is 1. The second-order valence-electron chi connectivity index (χ2n) is 5.24. The fourth-order valence-electron chi connectivity index (χ4n) is 1.87. The smallest absolute Gasteiger partial charge is 0.239 e. The topological polar surface area (TPSA) is 64.4 Å². The maximum Gasteiger partial charge on any atom is 0.239 e. The quantitative estimate of drug-likeness (QED) is 0.813. The second kappa shape index (κ2) is 7.50. The minimum atomic E-state index is -0.834. The number of carbonyl (C=O) groups excluding carboxylic acids is 1. The molecule has 2 atom stereocenters. The third-order valence-electron chi connectivity index (χ3n) is 3.00. The van der Waals surface area contributed by atoms with E-state index in [1.807, 2.05) is 26.0 Å². The van der Waals surface area contributed by atoms with Gasteiger partial charge in [0, 0.05) is 0 Å². The van der Waals surface area contributed by atoms with E-state index in [9.17, 15) is 4.79 Å². The highest BCUT2D eigenvalue weighted by molar-refractivity contribution is 6.32. The molecule has 0 aromatic heterocycles.